The maximum absolute atomic E-state index is 13.1. The van der Waals surface area contributed by atoms with Crippen LogP contribution >= 0.6 is 0 Å². The second-order valence-corrected chi connectivity index (χ2v) is 11.4. The normalized spacial score (nSPS) is 40.9. The maximum atomic E-state index is 13.1. The molecular formula is C28H36O4. The summed E-state index contributed by atoms with van der Waals surface area (Å²) >= 11 is 0. The van der Waals surface area contributed by atoms with Gasteiger partial charge in [-0.15, -0.1) is 0 Å². The zero-order valence-corrected chi connectivity index (χ0v) is 20.1. The van der Waals surface area contributed by atoms with Crippen molar-refractivity contribution in [3.8, 4) is 0 Å². The molecule has 6 unspecified atom stereocenters. The Morgan fingerprint density at radius 2 is 1.91 bits per heavy atom. The van der Waals surface area contributed by atoms with Gasteiger partial charge >= 0.3 is 5.97 Å². The van der Waals surface area contributed by atoms with E-state index in [1.54, 1.807) is 13.0 Å². The number of allylic oxidation sites excluding steroid dienone is 6. The number of rotatable bonds is 2. The molecule has 0 radical (unpaired) electrons. The number of esters is 1. The fraction of sp³-hybridized carbons (Fsp3) is 0.643. The Bertz CT molecular complexity index is 1020. The van der Waals surface area contributed by atoms with Crippen LogP contribution < -0.4 is 0 Å². The van der Waals surface area contributed by atoms with Crippen molar-refractivity contribution in [2.75, 3.05) is 0 Å². The fourth-order valence-electron chi connectivity index (χ4n) is 7.80. The Morgan fingerprint density at radius 3 is 2.62 bits per heavy atom. The van der Waals surface area contributed by atoms with Crippen molar-refractivity contribution in [1.29, 1.82) is 0 Å². The molecule has 1 N–H and O–H groups in total. The van der Waals surface area contributed by atoms with Gasteiger partial charge in [0, 0.05) is 17.9 Å². The molecule has 6 atom stereocenters. The van der Waals surface area contributed by atoms with Crippen LogP contribution in [0.1, 0.15) is 79.6 Å². The van der Waals surface area contributed by atoms with E-state index in [1.165, 1.54) is 16.7 Å². The van der Waals surface area contributed by atoms with E-state index in [4.69, 9.17) is 4.74 Å². The number of hydrogen-bond donors (Lipinski definition) is 1. The van der Waals surface area contributed by atoms with E-state index in [9.17, 15) is 14.7 Å². The standard InChI is InChI=1S/C28H36O4/c1-16-15-24(32-25(30)17(16)2)28(5,31)22-12-11-20-19-10-9-18-7-6-8-23(29)27(18,4)21(19)13-14-26(20,22)3/h6,8-9,21-22,24,31H,7,10-15H2,1-5H3. The molecule has 5 aliphatic rings. The van der Waals surface area contributed by atoms with Gasteiger partial charge in [-0.3, -0.25) is 4.79 Å². The van der Waals surface area contributed by atoms with E-state index >= 15 is 0 Å². The first kappa shape index (κ1) is 21.9. The lowest BCUT2D eigenvalue weighted by Gasteiger charge is -2.52. The summed E-state index contributed by atoms with van der Waals surface area (Å²) in [6.45, 7) is 10.1. The number of fused-ring (bicyclic) bond motifs is 4. The number of carbonyl (C=O) groups is 2. The summed E-state index contributed by atoms with van der Waals surface area (Å²) in [6, 6.07) is 0. The molecule has 1 heterocycles. The quantitative estimate of drug-likeness (QED) is 0.466. The van der Waals surface area contributed by atoms with Gasteiger partial charge in [0.05, 0.1) is 5.41 Å². The zero-order chi connectivity index (χ0) is 23.1. The predicted molar refractivity (Wildman–Crippen MR) is 124 cm³/mol. The Labute approximate surface area is 191 Å². The topological polar surface area (TPSA) is 63.6 Å². The van der Waals surface area contributed by atoms with Gasteiger partial charge in [0.1, 0.15) is 11.7 Å². The number of hydrogen-bond acceptors (Lipinski definition) is 4. The van der Waals surface area contributed by atoms with Gasteiger partial charge in [-0.2, -0.15) is 0 Å². The van der Waals surface area contributed by atoms with Gasteiger partial charge in [-0.1, -0.05) is 41.4 Å². The monoisotopic (exact) mass is 436 g/mol. The van der Waals surface area contributed by atoms with Crippen molar-refractivity contribution >= 4 is 11.8 Å². The van der Waals surface area contributed by atoms with E-state index in [-0.39, 0.29) is 29.0 Å². The van der Waals surface area contributed by atoms with E-state index in [0.717, 1.165) is 44.1 Å². The largest absolute Gasteiger partial charge is 0.456 e. The molecule has 0 bridgehead atoms. The number of carbonyl (C=O) groups excluding carboxylic acids is 2. The van der Waals surface area contributed by atoms with Gasteiger partial charge < -0.3 is 9.84 Å². The minimum Gasteiger partial charge on any atom is -0.456 e. The summed E-state index contributed by atoms with van der Waals surface area (Å²) in [5, 5.41) is 11.8. The summed E-state index contributed by atoms with van der Waals surface area (Å²) in [4.78, 5) is 25.4. The molecule has 0 aromatic heterocycles. The summed E-state index contributed by atoms with van der Waals surface area (Å²) in [7, 11) is 0. The molecule has 1 aliphatic heterocycles. The molecule has 1 fully saturated rings. The zero-order valence-electron chi connectivity index (χ0n) is 20.1. The average molecular weight is 437 g/mol. The SMILES string of the molecule is CC1=C(C)C(=O)OC(C(C)(O)C2CCC3=C4CC=C5CC=CC(=O)C5(C)C4CCC32C)C1. The molecule has 4 nitrogen and oxygen atoms in total. The molecule has 1 saturated carbocycles. The second kappa shape index (κ2) is 7.03. The summed E-state index contributed by atoms with van der Waals surface area (Å²) < 4.78 is 5.75. The lowest BCUT2D eigenvalue weighted by molar-refractivity contribution is -0.175. The van der Waals surface area contributed by atoms with E-state index in [0.29, 0.717) is 12.0 Å². The lowest BCUT2D eigenvalue weighted by atomic mass is 9.52. The van der Waals surface area contributed by atoms with Gasteiger partial charge in [-0.25, -0.2) is 4.79 Å². The number of ketones is 1. The van der Waals surface area contributed by atoms with Crippen LogP contribution in [-0.4, -0.2) is 28.6 Å². The first-order valence-corrected chi connectivity index (χ1v) is 12.2. The minimum absolute atomic E-state index is 0.0302. The Kier molecular flexibility index (Phi) is 4.81. The first-order chi connectivity index (χ1) is 15.0. The minimum atomic E-state index is -1.09. The molecule has 32 heavy (non-hydrogen) atoms. The van der Waals surface area contributed by atoms with Crippen LogP contribution in [-0.2, 0) is 14.3 Å². The van der Waals surface area contributed by atoms with Crippen molar-refractivity contribution in [2.45, 2.75) is 91.3 Å². The molecule has 0 aromatic rings. The highest BCUT2D eigenvalue weighted by Crippen LogP contribution is 2.64. The summed E-state index contributed by atoms with van der Waals surface area (Å²) in [6.07, 6.45) is 11.8. The molecule has 0 saturated heterocycles. The molecule has 0 spiro atoms. The summed E-state index contributed by atoms with van der Waals surface area (Å²) in [5.41, 5.74) is 4.25. The molecular weight excluding hydrogens is 400 g/mol. The maximum Gasteiger partial charge on any atom is 0.334 e. The third-order valence-corrected chi connectivity index (χ3v) is 10.00. The molecule has 5 rings (SSSR count). The first-order valence-electron chi connectivity index (χ1n) is 12.2. The van der Waals surface area contributed by atoms with Crippen LogP contribution in [0.25, 0.3) is 0 Å². The molecule has 0 amide bonds. The molecule has 4 aliphatic carbocycles. The third-order valence-electron chi connectivity index (χ3n) is 10.00. The van der Waals surface area contributed by atoms with Crippen LogP contribution in [0.5, 0.6) is 0 Å². The van der Waals surface area contributed by atoms with E-state index < -0.39 is 17.1 Å². The van der Waals surface area contributed by atoms with Crippen LogP contribution in [0.4, 0.5) is 0 Å². The molecule has 172 valence electrons. The number of aliphatic hydroxyl groups is 1. The van der Waals surface area contributed by atoms with Crippen LogP contribution in [0.3, 0.4) is 0 Å². The van der Waals surface area contributed by atoms with E-state index in [2.05, 4.69) is 19.9 Å². The van der Waals surface area contributed by atoms with Gasteiger partial charge in [0.15, 0.2) is 5.78 Å². The van der Waals surface area contributed by atoms with Gasteiger partial charge in [0.25, 0.3) is 0 Å². The fourth-order valence-corrected chi connectivity index (χ4v) is 7.80. The van der Waals surface area contributed by atoms with Crippen LogP contribution in [0.2, 0.25) is 0 Å². The number of ether oxygens (including phenoxy) is 1. The van der Waals surface area contributed by atoms with Crippen LogP contribution in [0, 0.1) is 22.7 Å². The third kappa shape index (κ3) is 2.77. The van der Waals surface area contributed by atoms with Crippen molar-refractivity contribution in [3.05, 3.63) is 46.1 Å². The average Bonchev–Trinajstić information content (AvgIpc) is 3.10. The number of cyclic esters (lactones) is 1. The highest BCUT2D eigenvalue weighted by atomic mass is 16.6. The molecule has 4 heteroatoms. The lowest BCUT2D eigenvalue weighted by Crippen LogP contribution is -2.54. The van der Waals surface area contributed by atoms with E-state index in [1.807, 2.05) is 19.9 Å². The van der Waals surface area contributed by atoms with Crippen molar-refractivity contribution < 1.29 is 19.4 Å². The van der Waals surface area contributed by atoms with Crippen molar-refractivity contribution in [3.63, 3.8) is 0 Å². The summed E-state index contributed by atoms with van der Waals surface area (Å²) in [5.74, 6) is 0.246. The van der Waals surface area contributed by atoms with Gasteiger partial charge in [0.2, 0.25) is 0 Å². The van der Waals surface area contributed by atoms with Gasteiger partial charge in [-0.05, 0) is 83.6 Å². The Hall–Kier alpha value is -1.94. The van der Waals surface area contributed by atoms with Crippen molar-refractivity contribution in [2.24, 2.45) is 22.7 Å². The Morgan fingerprint density at radius 1 is 1.16 bits per heavy atom. The predicted octanol–water partition coefficient (Wildman–Crippen LogP) is 5.38. The van der Waals surface area contributed by atoms with Crippen molar-refractivity contribution in [1.82, 2.24) is 0 Å². The second-order valence-electron chi connectivity index (χ2n) is 11.4. The highest BCUT2D eigenvalue weighted by Gasteiger charge is 2.59. The molecule has 0 aromatic carbocycles. The highest BCUT2D eigenvalue weighted by molar-refractivity contribution is 5.99. The Balaban J connectivity index is 1.51. The smallest absolute Gasteiger partial charge is 0.334 e. The van der Waals surface area contributed by atoms with Crippen LogP contribution in [0.15, 0.2) is 46.1 Å².